The van der Waals surface area contributed by atoms with Crippen LogP contribution in [0.3, 0.4) is 0 Å². The lowest BCUT2D eigenvalue weighted by atomic mass is 10.0. The van der Waals surface area contributed by atoms with Gasteiger partial charge < -0.3 is 23.7 Å². The molecule has 5 aromatic rings. The van der Waals surface area contributed by atoms with Gasteiger partial charge in [-0.15, -0.1) is 0 Å². The lowest BCUT2D eigenvalue weighted by molar-refractivity contribution is -0.143. The van der Waals surface area contributed by atoms with Crippen molar-refractivity contribution in [2.75, 3.05) is 51.3 Å². The Balaban J connectivity index is 1.11. The van der Waals surface area contributed by atoms with E-state index in [0.29, 0.717) is 37.1 Å². The van der Waals surface area contributed by atoms with Crippen molar-refractivity contribution in [2.45, 2.75) is 45.8 Å². The summed E-state index contributed by atoms with van der Waals surface area (Å²) in [7, 11) is 1.73. The quantitative estimate of drug-likeness (QED) is 0.0828. The first-order chi connectivity index (χ1) is 24.4. The summed E-state index contributed by atoms with van der Waals surface area (Å²) in [5, 5.41) is 0.900. The van der Waals surface area contributed by atoms with Crippen LogP contribution in [0.25, 0.3) is 10.9 Å². The van der Waals surface area contributed by atoms with Crippen LogP contribution in [0.1, 0.15) is 59.3 Å². The number of aryl methyl sites for hydroxylation is 2. The highest BCUT2D eigenvalue weighted by atomic mass is 16.5. The molecule has 8 heteroatoms. The summed E-state index contributed by atoms with van der Waals surface area (Å²) in [6.45, 7) is 9.65. The van der Waals surface area contributed by atoms with Gasteiger partial charge in [-0.2, -0.15) is 0 Å². The summed E-state index contributed by atoms with van der Waals surface area (Å²) in [6.07, 6.45) is 3.60. The second-order valence-electron chi connectivity index (χ2n) is 12.8. The zero-order chi connectivity index (χ0) is 34.9. The molecule has 1 atom stereocenters. The minimum absolute atomic E-state index is 0.0424. The van der Waals surface area contributed by atoms with Crippen LogP contribution in [-0.4, -0.2) is 67.7 Å². The molecule has 1 aromatic heterocycles. The maximum Gasteiger partial charge on any atom is 0.305 e. The Morgan fingerprint density at radius 1 is 0.820 bits per heavy atom. The fourth-order valence-corrected chi connectivity index (χ4v) is 6.72. The number of rotatable bonds is 15. The molecule has 1 aliphatic rings. The second-order valence-corrected chi connectivity index (χ2v) is 12.8. The van der Waals surface area contributed by atoms with Crippen molar-refractivity contribution in [2.24, 2.45) is 0 Å². The fraction of sp³-hybridized carbons (Fsp3) is 0.333. The monoisotopic (exact) mass is 673 g/mol. The molecule has 0 saturated carbocycles. The van der Waals surface area contributed by atoms with E-state index in [9.17, 15) is 9.59 Å². The molecule has 260 valence electrons. The Kier molecular flexibility index (Phi) is 11.5. The average molecular weight is 674 g/mol. The van der Waals surface area contributed by atoms with E-state index in [1.54, 1.807) is 7.11 Å². The summed E-state index contributed by atoms with van der Waals surface area (Å²) < 4.78 is 19.4. The van der Waals surface area contributed by atoms with E-state index >= 15 is 0 Å². The lowest BCUT2D eigenvalue weighted by Crippen LogP contribution is -2.47. The fourth-order valence-electron chi connectivity index (χ4n) is 6.72. The van der Waals surface area contributed by atoms with E-state index in [4.69, 9.17) is 14.2 Å². The molecule has 2 heterocycles. The van der Waals surface area contributed by atoms with Crippen molar-refractivity contribution in [3.8, 4) is 11.5 Å². The molecule has 0 radical (unpaired) electrons. The highest BCUT2D eigenvalue weighted by molar-refractivity contribution is 6.16. The first-order valence-electron chi connectivity index (χ1n) is 17.6. The van der Waals surface area contributed by atoms with Gasteiger partial charge in [0, 0.05) is 80.3 Å². The number of piperazine rings is 1. The Labute approximate surface area is 295 Å². The molecular formula is C42H47N3O5. The maximum absolute atomic E-state index is 13.8. The SMILES string of the molecule is CCOC(=O)CCCn1cc(C(=O)c2ccc(O[C@@H](CCN3CCN(c4ccccc4OC)CC3)c3ccc(C)cc3)cc2)c2ccccc21. The van der Waals surface area contributed by atoms with Gasteiger partial charge in [-0.05, 0) is 68.3 Å². The van der Waals surface area contributed by atoms with E-state index in [-0.39, 0.29) is 17.9 Å². The summed E-state index contributed by atoms with van der Waals surface area (Å²) in [5.74, 6) is 1.40. The predicted molar refractivity (Wildman–Crippen MR) is 198 cm³/mol. The first-order valence-corrected chi connectivity index (χ1v) is 17.6. The maximum atomic E-state index is 13.8. The van der Waals surface area contributed by atoms with Crippen molar-refractivity contribution < 1.29 is 23.8 Å². The molecule has 1 aliphatic heterocycles. The normalized spacial score (nSPS) is 14.0. The molecule has 4 aromatic carbocycles. The average Bonchev–Trinajstić information content (AvgIpc) is 3.52. The van der Waals surface area contributed by atoms with E-state index in [2.05, 4.69) is 57.7 Å². The molecule has 0 spiro atoms. The third-order valence-corrected chi connectivity index (χ3v) is 9.47. The number of hydrogen-bond acceptors (Lipinski definition) is 7. The smallest absolute Gasteiger partial charge is 0.305 e. The van der Waals surface area contributed by atoms with Crippen LogP contribution < -0.4 is 14.4 Å². The van der Waals surface area contributed by atoms with E-state index < -0.39 is 0 Å². The van der Waals surface area contributed by atoms with Crippen LogP contribution >= 0.6 is 0 Å². The number of para-hydroxylation sites is 3. The predicted octanol–water partition coefficient (Wildman–Crippen LogP) is 7.87. The van der Waals surface area contributed by atoms with Crippen LogP contribution in [0.4, 0.5) is 5.69 Å². The summed E-state index contributed by atoms with van der Waals surface area (Å²) in [6, 6.07) is 32.2. The van der Waals surface area contributed by atoms with Crippen molar-refractivity contribution in [3.05, 3.63) is 126 Å². The molecule has 6 rings (SSSR count). The number of aromatic nitrogens is 1. The van der Waals surface area contributed by atoms with Crippen LogP contribution in [-0.2, 0) is 16.1 Å². The van der Waals surface area contributed by atoms with Crippen molar-refractivity contribution in [3.63, 3.8) is 0 Å². The number of methoxy groups -OCH3 is 1. The molecular weight excluding hydrogens is 626 g/mol. The first kappa shape index (κ1) is 34.8. The lowest BCUT2D eigenvalue weighted by Gasteiger charge is -2.37. The Morgan fingerprint density at radius 3 is 2.28 bits per heavy atom. The van der Waals surface area contributed by atoms with Crippen molar-refractivity contribution in [1.82, 2.24) is 9.47 Å². The Bertz CT molecular complexity index is 1870. The van der Waals surface area contributed by atoms with Crippen molar-refractivity contribution in [1.29, 1.82) is 0 Å². The van der Waals surface area contributed by atoms with E-state index in [1.807, 2.05) is 73.8 Å². The molecule has 50 heavy (non-hydrogen) atoms. The Hall–Kier alpha value is -5.08. The molecule has 0 unspecified atom stereocenters. The van der Waals surface area contributed by atoms with Gasteiger partial charge in [0.1, 0.15) is 17.6 Å². The number of ketones is 1. The molecule has 0 N–H and O–H groups in total. The van der Waals surface area contributed by atoms with Crippen LogP contribution in [0, 0.1) is 6.92 Å². The van der Waals surface area contributed by atoms with E-state index in [0.717, 1.165) is 72.8 Å². The van der Waals surface area contributed by atoms with Gasteiger partial charge in [-0.3, -0.25) is 14.5 Å². The third-order valence-electron chi connectivity index (χ3n) is 9.47. The Morgan fingerprint density at radius 2 is 1.54 bits per heavy atom. The second kappa shape index (κ2) is 16.5. The number of anilines is 1. The van der Waals surface area contributed by atoms with Crippen LogP contribution in [0.5, 0.6) is 11.5 Å². The molecule has 1 fully saturated rings. The number of benzene rings is 4. The summed E-state index contributed by atoms with van der Waals surface area (Å²) in [4.78, 5) is 30.6. The van der Waals surface area contributed by atoms with E-state index in [1.165, 1.54) is 5.56 Å². The standard InChI is InChI=1S/C42H47N3O5/c1-4-49-41(46)14-9-24-45-30-36(35-10-5-6-11-37(35)45)42(47)33-19-21-34(22-20-33)50-39(32-17-15-31(2)16-18-32)23-25-43-26-28-44(29-27-43)38-12-7-8-13-40(38)48-3/h5-8,10-13,15-22,30,39H,4,9,14,23-29H2,1-3H3/t39-/m0/s1. The molecule has 1 saturated heterocycles. The highest BCUT2D eigenvalue weighted by Crippen LogP contribution is 2.31. The minimum atomic E-state index is -0.199. The number of ether oxygens (including phenoxy) is 3. The number of nitrogens with zero attached hydrogens (tertiary/aromatic N) is 3. The number of hydrogen-bond donors (Lipinski definition) is 0. The van der Waals surface area contributed by atoms with Gasteiger partial charge in [-0.1, -0.05) is 60.2 Å². The number of esters is 1. The zero-order valence-electron chi connectivity index (χ0n) is 29.3. The van der Waals surface area contributed by atoms with Gasteiger partial charge in [0.2, 0.25) is 0 Å². The number of fused-ring (bicyclic) bond motifs is 1. The number of carbonyl (C=O) groups is 2. The van der Waals surface area contributed by atoms with Crippen molar-refractivity contribution >= 4 is 28.3 Å². The molecule has 0 amide bonds. The highest BCUT2D eigenvalue weighted by Gasteiger charge is 2.22. The van der Waals surface area contributed by atoms with Gasteiger partial charge in [0.25, 0.3) is 0 Å². The van der Waals surface area contributed by atoms with Gasteiger partial charge in [0.15, 0.2) is 5.78 Å². The molecule has 0 aliphatic carbocycles. The number of carbonyl (C=O) groups excluding carboxylic acids is 2. The van der Waals surface area contributed by atoms with Gasteiger partial charge in [-0.25, -0.2) is 0 Å². The molecule has 8 nitrogen and oxygen atoms in total. The van der Waals surface area contributed by atoms with Gasteiger partial charge >= 0.3 is 5.97 Å². The van der Waals surface area contributed by atoms with Crippen LogP contribution in [0.15, 0.2) is 103 Å². The summed E-state index contributed by atoms with van der Waals surface area (Å²) in [5.41, 5.74) is 5.72. The largest absolute Gasteiger partial charge is 0.495 e. The van der Waals surface area contributed by atoms with Gasteiger partial charge in [0.05, 0.1) is 19.4 Å². The third kappa shape index (κ3) is 8.37. The molecule has 0 bridgehead atoms. The zero-order valence-corrected chi connectivity index (χ0v) is 29.3. The summed E-state index contributed by atoms with van der Waals surface area (Å²) >= 11 is 0. The minimum Gasteiger partial charge on any atom is -0.495 e. The topological polar surface area (TPSA) is 73.2 Å². The van der Waals surface area contributed by atoms with Crippen LogP contribution in [0.2, 0.25) is 0 Å².